The average molecular weight is 348 g/mol. The maximum absolute atomic E-state index is 11.7. The van der Waals surface area contributed by atoms with Gasteiger partial charge in [0.15, 0.2) is 0 Å². The SMILES string of the molecule is CCOC(=O)N1CCC(N2CSC(=S)N(CCOC)C2)CC1. The molecule has 0 aliphatic carbocycles. The number of hydrogen-bond acceptors (Lipinski definition) is 6. The van der Waals surface area contributed by atoms with Crippen molar-refractivity contribution in [3.05, 3.63) is 0 Å². The maximum Gasteiger partial charge on any atom is 0.409 e. The number of nitrogens with zero attached hydrogens (tertiary/aromatic N) is 3. The molecule has 6 nitrogen and oxygen atoms in total. The summed E-state index contributed by atoms with van der Waals surface area (Å²) in [6.07, 6.45) is 1.80. The van der Waals surface area contributed by atoms with Crippen LogP contribution >= 0.6 is 24.0 Å². The highest BCUT2D eigenvalue weighted by atomic mass is 32.2. The van der Waals surface area contributed by atoms with Gasteiger partial charge in [0.25, 0.3) is 0 Å². The number of rotatable bonds is 5. The molecule has 22 heavy (non-hydrogen) atoms. The lowest BCUT2D eigenvalue weighted by atomic mass is 10.0. The van der Waals surface area contributed by atoms with Gasteiger partial charge in [-0.1, -0.05) is 24.0 Å². The van der Waals surface area contributed by atoms with Crippen molar-refractivity contribution in [3.63, 3.8) is 0 Å². The van der Waals surface area contributed by atoms with E-state index in [-0.39, 0.29) is 6.09 Å². The van der Waals surface area contributed by atoms with Crippen molar-refractivity contribution in [2.75, 3.05) is 52.5 Å². The summed E-state index contributed by atoms with van der Waals surface area (Å²) in [6, 6.07) is 0.506. The van der Waals surface area contributed by atoms with Crippen LogP contribution in [0.5, 0.6) is 0 Å². The predicted octanol–water partition coefficient (Wildman–Crippen LogP) is 1.80. The Bertz CT molecular complexity index is 390. The van der Waals surface area contributed by atoms with E-state index in [0.717, 1.165) is 49.3 Å². The minimum Gasteiger partial charge on any atom is -0.450 e. The first-order chi connectivity index (χ1) is 10.7. The van der Waals surface area contributed by atoms with Crippen molar-refractivity contribution in [1.82, 2.24) is 14.7 Å². The van der Waals surface area contributed by atoms with Crippen LogP contribution in [0.25, 0.3) is 0 Å². The van der Waals surface area contributed by atoms with Gasteiger partial charge in [-0.25, -0.2) is 4.79 Å². The molecule has 0 atom stereocenters. The zero-order valence-electron chi connectivity index (χ0n) is 13.3. The Morgan fingerprint density at radius 1 is 1.41 bits per heavy atom. The first-order valence-corrected chi connectivity index (χ1v) is 9.11. The van der Waals surface area contributed by atoms with Gasteiger partial charge >= 0.3 is 6.09 Å². The van der Waals surface area contributed by atoms with Crippen LogP contribution in [0.1, 0.15) is 19.8 Å². The zero-order valence-corrected chi connectivity index (χ0v) is 15.0. The van der Waals surface area contributed by atoms with E-state index in [2.05, 4.69) is 9.80 Å². The zero-order chi connectivity index (χ0) is 15.9. The van der Waals surface area contributed by atoms with E-state index in [0.29, 0.717) is 19.3 Å². The number of amides is 1. The third-order valence-corrected chi connectivity index (χ3v) is 5.61. The number of carbonyl (C=O) groups excluding carboxylic acids is 1. The van der Waals surface area contributed by atoms with Crippen molar-refractivity contribution < 1.29 is 14.3 Å². The number of piperidine rings is 1. The van der Waals surface area contributed by atoms with Gasteiger partial charge in [-0.15, -0.1) is 0 Å². The fourth-order valence-corrected chi connectivity index (χ4v) is 3.97. The van der Waals surface area contributed by atoms with E-state index in [1.165, 1.54) is 0 Å². The van der Waals surface area contributed by atoms with E-state index in [4.69, 9.17) is 21.7 Å². The fraction of sp³-hybridized carbons (Fsp3) is 0.857. The Morgan fingerprint density at radius 3 is 2.77 bits per heavy atom. The van der Waals surface area contributed by atoms with E-state index < -0.39 is 0 Å². The van der Waals surface area contributed by atoms with Gasteiger partial charge in [0.1, 0.15) is 4.32 Å². The number of thiocarbonyl (C=S) groups is 1. The summed E-state index contributed by atoms with van der Waals surface area (Å²) < 4.78 is 11.2. The van der Waals surface area contributed by atoms with Crippen LogP contribution in [0.3, 0.4) is 0 Å². The van der Waals surface area contributed by atoms with Gasteiger partial charge in [0.05, 0.1) is 25.8 Å². The van der Waals surface area contributed by atoms with Gasteiger partial charge in [-0.3, -0.25) is 4.90 Å². The molecule has 0 aromatic heterocycles. The van der Waals surface area contributed by atoms with Gasteiger partial charge < -0.3 is 19.3 Å². The van der Waals surface area contributed by atoms with Gasteiger partial charge in [0, 0.05) is 32.8 Å². The van der Waals surface area contributed by atoms with Crippen LogP contribution in [0.15, 0.2) is 0 Å². The molecule has 2 aliphatic heterocycles. The van der Waals surface area contributed by atoms with Gasteiger partial charge in [-0.05, 0) is 19.8 Å². The first-order valence-electron chi connectivity index (χ1n) is 7.72. The summed E-state index contributed by atoms with van der Waals surface area (Å²) in [7, 11) is 1.71. The van der Waals surface area contributed by atoms with Crippen LogP contribution in [0.2, 0.25) is 0 Å². The molecule has 0 saturated carbocycles. The highest BCUT2D eigenvalue weighted by molar-refractivity contribution is 8.22. The van der Waals surface area contributed by atoms with E-state index in [1.807, 2.05) is 11.8 Å². The van der Waals surface area contributed by atoms with Crippen molar-refractivity contribution in [1.29, 1.82) is 0 Å². The normalized spacial score (nSPS) is 21.3. The quantitative estimate of drug-likeness (QED) is 0.703. The predicted molar refractivity (Wildman–Crippen MR) is 92.0 cm³/mol. The average Bonchev–Trinajstić information content (AvgIpc) is 2.54. The van der Waals surface area contributed by atoms with Gasteiger partial charge in [0.2, 0.25) is 0 Å². The number of methoxy groups -OCH3 is 1. The molecule has 2 fully saturated rings. The molecular weight excluding hydrogens is 322 g/mol. The van der Waals surface area contributed by atoms with Crippen LogP contribution in [0.4, 0.5) is 4.79 Å². The molecular formula is C14H25N3O3S2. The molecule has 2 aliphatic rings. The topological polar surface area (TPSA) is 45.2 Å². The fourth-order valence-electron chi connectivity index (χ4n) is 2.76. The molecule has 0 radical (unpaired) electrons. The van der Waals surface area contributed by atoms with Crippen LogP contribution in [-0.2, 0) is 9.47 Å². The first kappa shape index (κ1) is 17.8. The lowest BCUT2D eigenvalue weighted by Gasteiger charge is -2.43. The summed E-state index contributed by atoms with van der Waals surface area (Å²) in [5.41, 5.74) is 0. The number of ether oxygens (including phenoxy) is 2. The van der Waals surface area contributed by atoms with Gasteiger partial charge in [-0.2, -0.15) is 0 Å². The van der Waals surface area contributed by atoms with Crippen LogP contribution in [-0.4, -0.2) is 83.7 Å². The molecule has 0 aromatic carbocycles. The summed E-state index contributed by atoms with van der Waals surface area (Å²) in [6.45, 7) is 6.20. The number of carbonyl (C=O) groups is 1. The summed E-state index contributed by atoms with van der Waals surface area (Å²) in [5, 5.41) is 0. The molecule has 2 rings (SSSR count). The van der Waals surface area contributed by atoms with Crippen molar-refractivity contribution in [2.45, 2.75) is 25.8 Å². The Balaban J connectivity index is 1.80. The van der Waals surface area contributed by atoms with Crippen molar-refractivity contribution in [2.24, 2.45) is 0 Å². The molecule has 0 unspecified atom stereocenters. The largest absolute Gasteiger partial charge is 0.450 e. The number of likely N-dealkylation sites (tertiary alicyclic amines) is 1. The molecule has 0 N–H and O–H groups in total. The van der Waals surface area contributed by atoms with E-state index >= 15 is 0 Å². The molecule has 0 bridgehead atoms. The highest BCUT2D eigenvalue weighted by Crippen LogP contribution is 2.25. The maximum atomic E-state index is 11.7. The number of hydrogen-bond donors (Lipinski definition) is 0. The monoisotopic (exact) mass is 347 g/mol. The molecule has 1 amide bonds. The van der Waals surface area contributed by atoms with Crippen LogP contribution in [0, 0.1) is 0 Å². The molecule has 2 saturated heterocycles. The molecule has 2 heterocycles. The second-order valence-electron chi connectivity index (χ2n) is 5.44. The van der Waals surface area contributed by atoms with E-state index in [9.17, 15) is 4.79 Å². The molecule has 0 aromatic rings. The summed E-state index contributed by atoms with van der Waals surface area (Å²) >= 11 is 7.13. The molecule has 0 spiro atoms. The lowest BCUT2D eigenvalue weighted by molar-refractivity contribution is 0.0651. The highest BCUT2D eigenvalue weighted by Gasteiger charge is 2.31. The third kappa shape index (κ3) is 4.71. The summed E-state index contributed by atoms with van der Waals surface area (Å²) in [4.78, 5) is 18.2. The Morgan fingerprint density at radius 2 is 2.14 bits per heavy atom. The minimum absolute atomic E-state index is 0.183. The van der Waals surface area contributed by atoms with Crippen LogP contribution < -0.4 is 0 Å². The minimum atomic E-state index is -0.183. The third-order valence-electron chi connectivity index (χ3n) is 4.04. The van der Waals surface area contributed by atoms with Crippen molar-refractivity contribution in [3.8, 4) is 0 Å². The Labute approximate surface area is 142 Å². The Hall–Kier alpha value is -0.570. The molecule has 8 heteroatoms. The second kappa shape index (κ2) is 8.90. The molecule has 126 valence electrons. The van der Waals surface area contributed by atoms with Crippen molar-refractivity contribution >= 4 is 34.4 Å². The number of thioether (sulfide) groups is 1. The smallest absolute Gasteiger partial charge is 0.409 e. The summed E-state index contributed by atoms with van der Waals surface area (Å²) in [5.74, 6) is 0.937. The second-order valence-corrected chi connectivity index (χ2v) is 7.02. The lowest BCUT2D eigenvalue weighted by Crippen LogP contribution is -2.53. The van der Waals surface area contributed by atoms with E-state index in [1.54, 1.807) is 18.9 Å². The Kier molecular flexibility index (Phi) is 7.20. The standard InChI is InChI=1S/C14H25N3O3S2/c1-3-20-13(18)15-6-4-12(5-7-15)17-10-16(8-9-19-2)14(21)22-11-17/h12H,3-11H2,1-2H3.